The number of aromatic amines is 1. The molecule has 154 valence electrons. The molecule has 0 radical (unpaired) electrons. The molecule has 31 heavy (non-hydrogen) atoms. The van der Waals surface area contributed by atoms with Crippen LogP contribution in [0.15, 0.2) is 65.2 Å². The summed E-state index contributed by atoms with van der Waals surface area (Å²) in [6.45, 7) is 4.09. The first-order chi connectivity index (χ1) is 15.1. The van der Waals surface area contributed by atoms with Gasteiger partial charge in [-0.2, -0.15) is 5.10 Å². The van der Waals surface area contributed by atoms with Crippen LogP contribution in [0.1, 0.15) is 27.4 Å². The molecule has 0 aliphatic rings. The quantitative estimate of drug-likeness (QED) is 0.416. The Labute approximate surface area is 178 Å². The minimum Gasteiger partial charge on any atom is -0.489 e. The van der Waals surface area contributed by atoms with E-state index >= 15 is 0 Å². The van der Waals surface area contributed by atoms with Gasteiger partial charge in [-0.15, -0.1) is 0 Å². The largest absolute Gasteiger partial charge is 0.489 e. The highest BCUT2D eigenvalue weighted by Gasteiger charge is 2.15. The molecule has 0 aliphatic carbocycles. The molecule has 3 aromatic carbocycles. The van der Waals surface area contributed by atoms with Gasteiger partial charge in [-0.25, -0.2) is 0 Å². The van der Waals surface area contributed by atoms with Crippen molar-refractivity contribution in [2.24, 2.45) is 0 Å². The molecule has 2 aromatic heterocycles. The van der Waals surface area contributed by atoms with Gasteiger partial charge in [0.2, 0.25) is 0 Å². The number of H-pyrrole nitrogens is 1. The molecular weight excluding hydrogens is 392 g/mol. The number of carbonyl (C=O) groups is 1. The number of hydrogen-bond donors (Lipinski definition) is 2. The van der Waals surface area contributed by atoms with E-state index in [-0.39, 0.29) is 5.91 Å². The van der Waals surface area contributed by atoms with Crippen LogP contribution < -0.4 is 10.1 Å². The van der Waals surface area contributed by atoms with Gasteiger partial charge in [0.15, 0.2) is 5.82 Å². The molecule has 0 saturated heterocycles. The number of ether oxygens (including phenoxy) is 1. The third kappa shape index (κ3) is 3.50. The standard InChI is InChI=1S/C24H20N4O3/c1-14-21(15(2)31-28-14)13-30-17-10-11-22-20(12-17)23(27-26-22)25-24(29)19-9-5-7-16-6-3-4-8-18(16)19/h3-12H,13H2,1-2H3,(H2,25,26,27,29). The summed E-state index contributed by atoms with van der Waals surface area (Å²) in [7, 11) is 0. The van der Waals surface area contributed by atoms with Crippen LogP contribution in [0.4, 0.5) is 5.82 Å². The highest BCUT2D eigenvalue weighted by molar-refractivity contribution is 6.14. The van der Waals surface area contributed by atoms with Crippen molar-refractivity contribution in [3.8, 4) is 5.75 Å². The van der Waals surface area contributed by atoms with Gasteiger partial charge in [0.05, 0.1) is 16.8 Å². The Kier molecular flexibility index (Phi) is 4.63. The number of amides is 1. The maximum absolute atomic E-state index is 13.0. The first kappa shape index (κ1) is 18.9. The van der Waals surface area contributed by atoms with Crippen LogP contribution in [-0.4, -0.2) is 21.3 Å². The predicted molar refractivity (Wildman–Crippen MR) is 118 cm³/mol. The summed E-state index contributed by atoms with van der Waals surface area (Å²) >= 11 is 0. The Bertz CT molecular complexity index is 1390. The normalized spacial score (nSPS) is 11.2. The number of benzene rings is 3. The second kappa shape index (κ2) is 7.60. The molecule has 0 aliphatic heterocycles. The lowest BCUT2D eigenvalue weighted by molar-refractivity contribution is 0.102. The third-order valence-electron chi connectivity index (χ3n) is 5.36. The summed E-state index contributed by atoms with van der Waals surface area (Å²) < 4.78 is 11.1. The fourth-order valence-electron chi connectivity index (χ4n) is 3.64. The molecule has 7 heteroatoms. The number of aromatic nitrogens is 3. The number of fused-ring (bicyclic) bond motifs is 2. The van der Waals surface area contributed by atoms with Crippen LogP contribution in [0.2, 0.25) is 0 Å². The van der Waals surface area contributed by atoms with Crippen molar-refractivity contribution in [1.82, 2.24) is 15.4 Å². The molecule has 2 N–H and O–H groups in total. The number of anilines is 1. The Hall–Kier alpha value is -4.13. The van der Waals surface area contributed by atoms with E-state index in [0.717, 1.165) is 38.7 Å². The molecule has 0 unspecified atom stereocenters. The van der Waals surface area contributed by atoms with E-state index in [1.807, 2.05) is 74.5 Å². The lowest BCUT2D eigenvalue weighted by atomic mass is 10.0. The highest BCUT2D eigenvalue weighted by Crippen LogP contribution is 2.27. The monoisotopic (exact) mass is 412 g/mol. The molecule has 7 nitrogen and oxygen atoms in total. The van der Waals surface area contributed by atoms with Gasteiger partial charge in [0, 0.05) is 10.9 Å². The highest BCUT2D eigenvalue weighted by atomic mass is 16.5. The van der Waals surface area contributed by atoms with E-state index in [9.17, 15) is 4.79 Å². The summed E-state index contributed by atoms with van der Waals surface area (Å²) in [5, 5.41) is 16.8. The zero-order valence-electron chi connectivity index (χ0n) is 17.1. The number of nitrogens with zero attached hydrogens (tertiary/aromatic N) is 2. The van der Waals surface area contributed by atoms with Gasteiger partial charge in [0.25, 0.3) is 5.91 Å². The summed E-state index contributed by atoms with van der Waals surface area (Å²) in [5.41, 5.74) is 3.14. The molecule has 2 heterocycles. The van der Waals surface area contributed by atoms with Crippen molar-refractivity contribution >= 4 is 33.4 Å². The number of hydrogen-bond acceptors (Lipinski definition) is 5. The maximum atomic E-state index is 13.0. The Morgan fingerprint density at radius 1 is 1.06 bits per heavy atom. The zero-order chi connectivity index (χ0) is 21.4. The fourth-order valence-corrected chi connectivity index (χ4v) is 3.64. The first-order valence-corrected chi connectivity index (χ1v) is 9.92. The second-order valence-corrected chi connectivity index (χ2v) is 7.35. The SMILES string of the molecule is Cc1noc(C)c1COc1ccc2[nH]nc(NC(=O)c3cccc4ccccc34)c2c1. The second-order valence-electron chi connectivity index (χ2n) is 7.35. The molecule has 0 saturated carbocycles. The van der Waals surface area contributed by atoms with Gasteiger partial charge in [-0.1, -0.05) is 41.6 Å². The van der Waals surface area contributed by atoms with Gasteiger partial charge in [-0.05, 0) is 48.9 Å². The molecular formula is C24H20N4O3. The fraction of sp³-hybridized carbons (Fsp3) is 0.125. The molecule has 0 bridgehead atoms. The molecule has 1 amide bonds. The minimum atomic E-state index is -0.216. The van der Waals surface area contributed by atoms with E-state index in [1.165, 1.54) is 0 Å². The zero-order valence-corrected chi connectivity index (χ0v) is 17.1. The summed E-state index contributed by atoms with van der Waals surface area (Å²) in [6, 6.07) is 19.1. The van der Waals surface area contributed by atoms with Crippen molar-refractivity contribution < 1.29 is 14.1 Å². The van der Waals surface area contributed by atoms with E-state index < -0.39 is 0 Å². The van der Waals surface area contributed by atoms with Crippen molar-refractivity contribution in [3.05, 3.63) is 83.2 Å². The topological polar surface area (TPSA) is 93.0 Å². The average Bonchev–Trinajstić information content (AvgIpc) is 3.34. The summed E-state index contributed by atoms with van der Waals surface area (Å²) in [6.07, 6.45) is 0. The van der Waals surface area contributed by atoms with Crippen molar-refractivity contribution in [2.45, 2.75) is 20.5 Å². The van der Waals surface area contributed by atoms with Crippen molar-refractivity contribution in [3.63, 3.8) is 0 Å². The molecule has 0 fully saturated rings. The van der Waals surface area contributed by atoms with Crippen LogP contribution >= 0.6 is 0 Å². The average molecular weight is 412 g/mol. The van der Waals surface area contributed by atoms with Crippen molar-refractivity contribution in [2.75, 3.05) is 5.32 Å². The van der Waals surface area contributed by atoms with E-state index in [2.05, 4.69) is 20.7 Å². The van der Waals surface area contributed by atoms with Crippen LogP contribution in [0.25, 0.3) is 21.7 Å². The van der Waals surface area contributed by atoms with Gasteiger partial charge < -0.3 is 14.6 Å². The third-order valence-corrected chi connectivity index (χ3v) is 5.36. The predicted octanol–water partition coefficient (Wildman–Crippen LogP) is 5.15. The van der Waals surface area contributed by atoms with Crippen LogP contribution in [0.3, 0.4) is 0 Å². The van der Waals surface area contributed by atoms with Crippen LogP contribution in [0.5, 0.6) is 5.75 Å². The first-order valence-electron chi connectivity index (χ1n) is 9.92. The van der Waals surface area contributed by atoms with Crippen LogP contribution in [-0.2, 0) is 6.61 Å². The van der Waals surface area contributed by atoms with E-state index in [1.54, 1.807) is 0 Å². The minimum absolute atomic E-state index is 0.216. The maximum Gasteiger partial charge on any atom is 0.257 e. The Morgan fingerprint density at radius 3 is 2.74 bits per heavy atom. The van der Waals surface area contributed by atoms with Gasteiger partial charge in [-0.3, -0.25) is 9.89 Å². The molecule has 0 spiro atoms. The van der Waals surface area contributed by atoms with Gasteiger partial charge >= 0.3 is 0 Å². The molecule has 0 atom stereocenters. The summed E-state index contributed by atoms with van der Waals surface area (Å²) in [5.74, 6) is 1.64. The number of carbonyl (C=O) groups excluding carboxylic acids is 1. The van der Waals surface area contributed by atoms with Gasteiger partial charge in [0.1, 0.15) is 18.1 Å². The lowest BCUT2D eigenvalue weighted by Crippen LogP contribution is -2.12. The van der Waals surface area contributed by atoms with Crippen LogP contribution in [0, 0.1) is 13.8 Å². The van der Waals surface area contributed by atoms with Crippen molar-refractivity contribution in [1.29, 1.82) is 0 Å². The number of nitrogens with one attached hydrogen (secondary N) is 2. The Balaban J connectivity index is 1.41. The van der Waals surface area contributed by atoms with E-state index in [4.69, 9.17) is 9.26 Å². The number of aryl methyl sites for hydroxylation is 2. The lowest BCUT2D eigenvalue weighted by Gasteiger charge is -2.08. The smallest absolute Gasteiger partial charge is 0.257 e. The van der Waals surface area contributed by atoms with E-state index in [0.29, 0.717) is 23.7 Å². The summed E-state index contributed by atoms with van der Waals surface area (Å²) in [4.78, 5) is 13.0. The Morgan fingerprint density at radius 2 is 1.90 bits per heavy atom. The molecule has 5 aromatic rings. The molecule has 5 rings (SSSR count). The number of rotatable bonds is 5.